The average molecular weight is 346 g/mol. The van der Waals surface area contributed by atoms with E-state index in [-0.39, 0.29) is 11.3 Å². The first kappa shape index (κ1) is 17.6. The van der Waals surface area contributed by atoms with E-state index in [4.69, 9.17) is 0 Å². The molecule has 1 N–H and O–H groups in total. The molecule has 0 saturated carbocycles. The summed E-state index contributed by atoms with van der Waals surface area (Å²) in [4.78, 5) is 36.2. The van der Waals surface area contributed by atoms with Crippen molar-refractivity contribution in [2.75, 3.05) is 24.5 Å². The van der Waals surface area contributed by atoms with Crippen LogP contribution in [0.25, 0.3) is 0 Å². The molecule has 0 radical (unpaired) electrons. The third kappa shape index (κ3) is 3.32. The first-order valence-electron chi connectivity index (χ1n) is 8.93. The van der Waals surface area contributed by atoms with Gasteiger partial charge in [0.25, 0.3) is 0 Å². The Morgan fingerprint density at radius 1 is 1.36 bits per heavy atom. The van der Waals surface area contributed by atoms with Gasteiger partial charge in [-0.3, -0.25) is 4.79 Å². The fourth-order valence-corrected chi connectivity index (χ4v) is 4.13. The molecule has 7 nitrogen and oxygen atoms in total. The van der Waals surface area contributed by atoms with Crippen LogP contribution in [0.3, 0.4) is 0 Å². The van der Waals surface area contributed by atoms with Gasteiger partial charge in [0.15, 0.2) is 0 Å². The normalized spacial score (nSPS) is 22.4. The van der Waals surface area contributed by atoms with Gasteiger partial charge in [0, 0.05) is 38.4 Å². The van der Waals surface area contributed by atoms with Crippen molar-refractivity contribution in [3.05, 3.63) is 17.5 Å². The van der Waals surface area contributed by atoms with E-state index in [1.807, 2.05) is 13.1 Å². The number of aliphatic carboxylic acids is 1. The summed E-state index contributed by atoms with van der Waals surface area (Å²) in [5.74, 6) is -0.293. The fourth-order valence-electron chi connectivity index (χ4n) is 4.13. The summed E-state index contributed by atoms with van der Waals surface area (Å²) < 4.78 is 0. The van der Waals surface area contributed by atoms with E-state index in [1.165, 1.54) is 11.8 Å². The van der Waals surface area contributed by atoms with Gasteiger partial charge in [-0.05, 0) is 43.6 Å². The molecule has 2 saturated heterocycles. The maximum atomic E-state index is 11.8. The zero-order chi connectivity index (χ0) is 18.2. The van der Waals surface area contributed by atoms with Crippen molar-refractivity contribution in [2.24, 2.45) is 5.41 Å². The zero-order valence-corrected chi connectivity index (χ0v) is 15.2. The van der Waals surface area contributed by atoms with Crippen molar-refractivity contribution in [2.45, 2.75) is 52.5 Å². The second-order valence-corrected chi connectivity index (χ2v) is 7.35. The Labute approximate surface area is 148 Å². The van der Waals surface area contributed by atoms with Crippen LogP contribution in [-0.4, -0.2) is 57.5 Å². The lowest BCUT2D eigenvalue weighted by molar-refractivity contribution is -0.147. The van der Waals surface area contributed by atoms with E-state index in [2.05, 4.69) is 21.8 Å². The summed E-state index contributed by atoms with van der Waals surface area (Å²) in [6.07, 6.45) is 5.02. The number of aromatic nitrogens is 2. The number of carboxylic acids is 1. The van der Waals surface area contributed by atoms with Crippen LogP contribution in [-0.2, 0) is 16.0 Å². The van der Waals surface area contributed by atoms with Crippen molar-refractivity contribution >= 4 is 17.8 Å². The highest BCUT2D eigenvalue weighted by Gasteiger charge is 2.49. The van der Waals surface area contributed by atoms with Gasteiger partial charge in [-0.25, -0.2) is 14.8 Å². The predicted octanol–water partition coefficient (Wildman–Crippen LogP) is 1.64. The molecule has 1 aromatic heterocycles. The number of rotatable bonds is 3. The molecule has 1 aromatic rings. The van der Waals surface area contributed by atoms with E-state index < -0.39 is 12.0 Å². The molecule has 2 aliphatic heterocycles. The van der Waals surface area contributed by atoms with Crippen molar-refractivity contribution in [3.63, 3.8) is 0 Å². The number of anilines is 1. The molecule has 1 spiro atoms. The number of piperidine rings is 1. The summed E-state index contributed by atoms with van der Waals surface area (Å²) in [5, 5.41) is 9.44. The number of carbonyl (C=O) groups excluding carboxylic acids is 1. The van der Waals surface area contributed by atoms with Gasteiger partial charge in [0.05, 0.1) is 0 Å². The SMILES string of the molecule is CCc1nc(N2CCC3(CC2)C[C@@H](C(=O)O)N(C(C)=O)C3)ncc1C. The summed E-state index contributed by atoms with van der Waals surface area (Å²) in [6.45, 7) is 7.70. The largest absolute Gasteiger partial charge is 0.480 e. The molecule has 136 valence electrons. The number of amides is 1. The van der Waals surface area contributed by atoms with Crippen LogP contribution in [0.5, 0.6) is 0 Å². The Bertz CT molecular complexity index is 659. The first-order chi connectivity index (χ1) is 11.8. The van der Waals surface area contributed by atoms with Crippen LogP contribution in [0.4, 0.5) is 5.95 Å². The van der Waals surface area contributed by atoms with Crippen LogP contribution in [0.1, 0.15) is 44.4 Å². The van der Waals surface area contributed by atoms with Crippen molar-refractivity contribution in [1.82, 2.24) is 14.9 Å². The highest BCUT2D eigenvalue weighted by molar-refractivity contribution is 5.83. The molecular formula is C18H26N4O3. The molecule has 25 heavy (non-hydrogen) atoms. The van der Waals surface area contributed by atoms with Crippen LogP contribution in [0, 0.1) is 12.3 Å². The van der Waals surface area contributed by atoms with Gasteiger partial charge in [-0.1, -0.05) is 6.92 Å². The molecule has 0 bridgehead atoms. The lowest BCUT2D eigenvalue weighted by Gasteiger charge is -2.39. The number of carbonyl (C=O) groups is 2. The maximum absolute atomic E-state index is 11.8. The molecule has 0 unspecified atom stereocenters. The van der Waals surface area contributed by atoms with Gasteiger partial charge >= 0.3 is 5.97 Å². The van der Waals surface area contributed by atoms with Crippen molar-refractivity contribution in [3.8, 4) is 0 Å². The topological polar surface area (TPSA) is 86.6 Å². The van der Waals surface area contributed by atoms with Crippen LogP contribution >= 0.6 is 0 Å². The van der Waals surface area contributed by atoms with Gasteiger partial charge in [-0.2, -0.15) is 0 Å². The highest BCUT2D eigenvalue weighted by Crippen LogP contribution is 2.43. The molecule has 3 rings (SSSR count). The van der Waals surface area contributed by atoms with Crippen molar-refractivity contribution in [1.29, 1.82) is 0 Å². The van der Waals surface area contributed by atoms with E-state index in [9.17, 15) is 14.7 Å². The number of hydrogen-bond acceptors (Lipinski definition) is 5. The maximum Gasteiger partial charge on any atom is 0.326 e. The van der Waals surface area contributed by atoms with Crippen LogP contribution in [0.2, 0.25) is 0 Å². The summed E-state index contributed by atoms with van der Waals surface area (Å²) in [5.41, 5.74) is 2.08. The monoisotopic (exact) mass is 346 g/mol. The number of carboxylic acid groups (broad SMARTS) is 1. The number of aryl methyl sites for hydroxylation is 2. The average Bonchev–Trinajstić information content (AvgIpc) is 2.96. The molecule has 2 fully saturated rings. The van der Waals surface area contributed by atoms with Crippen LogP contribution in [0.15, 0.2) is 6.20 Å². The van der Waals surface area contributed by atoms with Gasteiger partial charge in [0.2, 0.25) is 11.9 Å². The van der Waals surface area contributed by atoms with Gasteiger partial charge < -0.3 is 14.9 Å². The molecule has 1 atom stereocenters. The predicted molar refractivity (Wildman–Crippen MR) is 93.5 cm³/mol. The highest BCUT2D eigenvalue weighted by atomic mass is 16.4. The van der Waals surface area contributed by atoms with Gasteiger partial charge in [0.1, 0.15) is 6.04 Å². The first-order valence-corrected chi connectivity index (χ1v) is 8.93. The zero-order valence-electron chi connectivity index (χ0n) is 15.2. The minimum absolute atomic E-state index is 0.0937. The molecule has 0 aromatic carbocycles. The summed E-state index contributed by atoms with van der Waals surface area (Å²) >= 11 is 0. The lowest BCUT2D eigenvalue weighted by Crippen LogP contribution is -2.43. The third-order valence-corrected chi connectivity index (χ3v) is 5.70. The van der Waals surface area contributed by atoms with Crippen molar-refractivity contribution < 1.29 is 14.7 Å². The Morgan fingerprint density at radius 3 is 2.56 bits per heavy atom. The quantitative estimate of drug-likeness (QED) is 0.895. The Hall–Kier alpha value is -2.18. The van der Waals surface area contributed by atoms with Crippen LogP contribution < -0.4 is 4.90 Å². The number of likely N-dealkylation sites (tertiary alicyclic amines) is 1. The number of hydrogen-bond donors (Lipinski definition) is 1. The molecule has 3 heterocycles. The third-order valence-electron chi connectivity index (χ3n) is 5.70. The minimum atomic E-state index is -0.899. The smallest absolute Gasteiger partial charge is 0.326 e. The standard InChI is InChI=1S/C18H26N4O3/c1-4-14-12(2)10-19-17(20-14)21-7-5-18(6-8-21)9-15(16(24)25)22(11-18)13(3)23/h10,15H,4-9,11H2,1-3H3,(H,24,25)/t15-/m0/s1. The minimum Gasteiger partial charge on any atom is -0.480 e. The van der Waals surface area contributed by atoms with Gasteiger partial charge in [-0.15, -0.1) is 0 Å². The Balaban J connectivity index is 1.71. The molecule has 7 heteroatoms. The molecule has 2 aliphatic rings. The molecular weight excluding hydrogens is 320 g/mol. The molecule has 0 aliphatic carbocycles. The summed E-state index contributed by atoms with van der Waals surface area (Å²) in [6, 6.07) is -0.689. The van der Waals surface area contributed by atoms with E-state index in [0.717, 1.165) is 49.6 Å². The second kappa shape index (κ2) is 6.61. The van der Waals surface area contributed by atoms with E-state index in [0.29, 0.717) is 13.0 Å². The Kier molecular flexibility index (Phi) is 4.67. The van der Waals surface area contributed by atoms with E-state index in [1.54, 1.807) is 0 Å². The second-order valence-electron chi connectivity index (χ2n) is 7.35. The van der Waals surface area contributed by atoms with E-state index >= 15 is 0 Å². The lowest BCUT2D eigenvalue weighted by atomic mass is 9.76. The Morgan fingerprint density at radius 2 is 2.04 bits per heavy atom. The molecule has 1 amide bonds. The fraction of sp³-hybridized carbons (Fsp3) is 0.667. The summed E-state index contributed by atoms with van der Waals surface area (Å²) in [7, 11) is 0. The number of nitrogens with zero attached hydrogens (tertiary/aromatic N) is 4.